The third kappa shape index (κ3) is 7.34. The zero-order valence-electron chi connectivity index (χ0n) is 26.4. The number of esters is 1. The van der Waals surface area contributed by atoms with Crippen LogP contribution in [0.3, 0.4) is 0 Å². The number of hydrogen-bond acceptors (Lipinski definition) is 7. The molecule has 0 unspecified atom stereocenters. The van der Waals surface area contributed by atoms with Crippen LogP contribution in [0.25, 0.3) is 33.4 Å². The van der Waals surface area contributed by atoms with Gasteiger partial charge in [-0.25, -0.2) is 14.2 Å². The molecule has 1 aliphatic carbocycles. The minimum Gasteiger partial charge on any atom is -0.478 e. The van der Waals surface area contributed by atoms with Gasteiger partial charge in [-0.15, -0.1) is 0 Å². The average molecular weight is 631 g/mol. The van der Waals surface area contributed by atoms with Crippen LogP contribution in [0.1, 0.15) is 45.0 Å². The maximum Gasteiger partial charge on any atom is 0.338 e. The lowest BCUT2D eigenvalue weighted by atomic mass is 9.90. The number of aromatic carboxylic acids is 1. The smallest absolute Gasteiger partial charge is 0.338 e. The molecule has 2 N–H and O–H groups in total. The van der Waals surface area contributed by atoms with Crippen LogP contribution in [0.4, 0.5) is 11.4 Å². The number of anilines is 2. The van der Waals surface area contributed by atoms with Crippen molar-refractivity contribution >= 4 is 51.7 Å². The maximum atomic E-state index is 12.9. The SMILES string of the molecule is C=C(C)C(=O)OCCOC(=S)Nc1cccc(-c2c3ccc(=[N+](CC)CC)cc-3oc3cc(N(CC)CC)ccc23)c1C(=O)O. The van der Waals surface area contributed by atoms with E-state index in [1.165, 1.54) is 0 Å². The molecule has 1 aliphatic heterocycles. The summed E-state index contributed by atoms with van der Waals surface area (Å²) in [5.41, 5.74) is 4.28. The molecule has 236 valence electrons. The molecular weight excluding hydrogens is 590 g/mol. The minimum absolute atomic E-state index is 0.00778. The highest BCUT2D eigenvalue weighted by molar-refractivity contribution is 7.80. The molecule has 0 saturated heterocycles. The van der Waals surface area contributed by atoms with E-state index < -0.39 is 11.9 Å². The second kappa shape index (κ2) is 14.9. The highest BCUT2D eigenvalue weighted by atomic mass is 32.1. The lowest BCUT2D eigenvalue weighted by Crippen LogP contribution is -2.29. The Morgan fingerprint density at radius 3 is 2.33 bits per heavy atom. The summed E-state index contributed by atoms with van der Waals surface area (Å²) in [5, 5.41) is 15.2. The Morgan fingerprint density at radius 1 is 0.978 bits per heavy atom. The molecule has 0 amide bonds. The fourth-order valence-corrected chi connectivity index (χ4v) is 5.56. The Kier molecular flexibility index (Phi) is 11.0. The molecule has 0 spiro atoms. The number of benzene rings is 3. The molecule has 0 saturated carbocycles. The lowest BCUT2D eigenvalue weighted by molar-refractivity contribution is -0.139. The van der Waals surface area contributed by atoms with Gasteiger partial charge in [-0.1, -0.05) is 18.7 Å². The molecule has 2 aromatic carbocycles. The van der Waals surface area contributed by atoms with Crippen LogP contribution < -0.4 is 20.1 Å². The standard InChI is InChI=1S/C35H39N3O6S/c1-7-37(8-2)23-14-16-25-29(20-23)44-30-21-24(38(9-3)10-4)15-17-26(30)31(25)27-12-11-13-28(32(27)33(39)40)36-35(45)43-19-18-42-34(41)22(5)6/h11-17,20-21H,5,7-10,18-19H2,1-4,6H3,(H-,36,39,40,45)/p+1. The number of nitrogens with zero attached hydrogens (tertiary/aromatic N) is 2. The van der Waals surface area contributed by atoms with Crippen LogP contribution in [0, 0.1) is 0 Å². The molecule has 10 heteroatoms. The Hall–Kier alpha value is -4.70. The van der Waals surface area contributed by atoms with E-state index in [1.54, 1.807) is 25.1 Å². The van der Waals surface area contributed by atoms with Gasteiger partial charge in [0, 0.05) is 53.0 Å². The highest BCUT2D eigenvalue weighted by Gasteiger charge is 2.25. The summed E-state index contributed by atoms with van der Waals surface area (Å²) in [4.78, 5) is 26.7. The predicted molar refractivity (Wildman–Crippen MR) is 183 cm³/mol. The summed E-state index contributed by atoms with van der Waals surface area (Å²) in [5.74, 6) is -1.01. The molecule has 0 bridgehead atoms. The summed E-state index contributed by atoms with van der Waals surface area (Å²) in [7, 11) is 0. The Labute approximate surface area is 268 Å². The number of hydrogen-bond donors (Lipinski definition) is 2. The van der Waals surface area contributed by atoms with Crippen molar-refractivity contribution in [1.82, 2.24) is 4.58 Å². The molecule has 0 fully saturated rings. The van der Waals surface area contributed by atoms with Gasteiger partial charge in [0.2, 0.25) is 5.36 Å². The van der Waals surface area contributed by atoms with Crippen LogP contribution in [0.5, 0.6) is 0 Å². The predicted octanol–water partition coefficient (Wildman–Crippen LogP) is 6.39. The molecule has 9 nitrogen and oxygen atoms in total. The number of thiocarbonyl (C=S) groups is 1. The van der Waals surface area contributed by atoms with Crippen molar-refractivity contribution in [3.8, 4) is 22.5 Å². The number of ether oxygens (including phenoxy) is 2. The summed E-state index contributed by atoms with van der Waals surface area (Å²) < 4.78 is 19.3. The summed E-state index contributed by atoms with van der Waals surface area (Å²) in [6, 6.07) is 17.3. The number of carboxylic acids is 1. The molecule has 0 atom stereocenters. The number of nitrogens with one attached hydrogen (secondary N) is 1. The monoisotopic (exact) mass is 630 g/mol. The second-order valence-electron chi connectivity index (χ2n) is 10.4. The first-order chi connectivity index (χ1) is 21.6. The normalized spacial score (nSPS) is 10.9. The fraction of sp³-hybridized carbons (Fsp3) is 0.314. The van der Waals surface area contributed by atoms with Crippen molar-refractivity contribution in [1.29, 1.82) is 0 Å². The topological polar surface area (TPSA) is 104 Å². The number of rotatable bonds is 12. The first-order valence-electron chi connectivity index (χ1n) is 15.1. The maximum absolute atomic E-state index is 12.9. The summed E-state index contributed by atoms with van der Waals surface area (Å²) in [6.45, 7) is 16.8. The first kappa shape index (κ1) is 33.2. The van der Waals surface area contributed by atoms with Gasteiger partial charge in [-0.05, 0) is 76.7 Å². The molecule has 0 radical (unpaired) electrons. The van der Waals surface area contributed by atoms with E-state index in [2.05, 4.69) is 49.1 Å². The number of carbonyl (C=O) groups excluding carboxylic acids is 1. The Balaban J connectivity index is 1.87. The number of fused-ring (bicyclic) bond motifs is 2. The van der Waals surface area contributed by atoms with Crippen molar-refractivity contribution in [3.05, 3.63) is 77.7 Å². The quantitative estimate of drug-likeness (QED) is 0.0460. The molecule has 4 rings (SSSR count). The molecule has 45 heavy (non-hydrogen) atoms. The van der Waals surface area contributed by atoms with Gasteiger partial charge in [0.25, 0.3) is 5.17 Å². The minimum atomic E-state index is -1.13. The molecule has 2 aromatic rings. The van der Waals surface area contributed by atoms with Crippen molar-refractivity contribution in [2.75, 3.05) is 49.6 Å². The van der Waals surface area contributed by atoms with Gasteiger partial charge < -0.3 is 29.2 Å². The van der Waals surface area contributed by atoms with E-state index in [-0.39, 0.29) is 35.2 Å². The Morgan fingerprint density at radius 2 is 1.69 bits per heavy atom. The third-order valence-electron chi connectivity index (χ3n) is 7.63. The number of carboxylic acid groups (broad SMARTS) is 1. The van der Waals surface area contributed by atoms with E-state index in [9.17, 15) is 14.7 Å². The summed E-state index contributed by atoms with van der Waals surface area (Å²) in [6.07, 6.45) is 0. The number of carbonyl (C=O) groups is 2. The van der Waals surface area contributed by atoms with Gasteiger partial charge in [-0.2, -0.15) is 0 Å². The molecule has 1 heterocycles. The average Bonchev–Trinajstić information content (AvgIpc) is 3.02. The van der Waals surface area contributed by atoms with Gasteiger partial charge in [0.1, 0.15) is 37.6 Å². The van der Waals surface area contributed by atoms with E-state index in [0.29, 0.717) is 16.9 Å². The molecular formula is C35H40N3O6S+. The summed E-state index contributed by atoms with van der Waals surface area (Å²) >= 11 is 5.34. The van der Waals surface area contributed by atoms with Crippen LogP contribution in [0.2, 0.25) is 0 Å². The van der Waals surface area contributed by atoms with Gasteiger partial charge in [0.05, 0.1) is 17.3 Å². The second-order valence-corrected chi connectivity index (χ2v) is 10.8. The van der Waals surface area contributed by atoms with Crippen molar-refractivity contribution in [2.24, 2.45) is 0 Å². The van der Waals surface area contributed by atoms with Crippen LogP contribution in [0.15, 0.2) is 71.2 Å². The van der Waals surface area contributed by atoms with Crippen molar-refractivity contribution in [2.45, 2.75) is 34.6 Å². The van der Waals surface area contributed by atoms with Gasteiger partial charge in [-0.3, -0.25) is 0 Å². The first-order valence-corrected chi connectivity index (χ1v) is 15.5. The molecule has 0 aromatic heterocycles. The van der Waals surface area contributed by atoms with Crippen molar-refractivity contribution in [3.63, 3.8) is 0 Å². The largest absolute Gasteiger partial charge is 0.478 e. The molecule has 2 aliphatic rings. The van der Waals surface area contributed by atoms with E-state index in [1.807, 2.05) is 36.4 Å². The van der Waals surface area contributed by atoms with Gasteiger partial charge in [0.15, 0.2) is 0 Å². The highest BCUT2D eigenvalue weighted by Crippen LogP contribution is 2.43. The van der Waals surface area contributed by atoms with Crippen LogP contribution in [-0.4, -0.2) is 61.6 Å². The zero-order chi connectivity index (χ0) is 32.7. The van der Waals surface area contributed by atoms with E-state index in [4.69, 9.17) is 26.1 Å². The van der Waals surface area contributed by atoms with Crippen molar-refractivity contribution < 1.29 is 28.6 Å². The van der Waals surface area contributed by atoms with Crippen LogP contribution in [-0.2, 0) is 14.3 Å². The van der Waals surface area contributed by atoms with Gasteiger partial charge >= 0.3 is 11.9 Å². The third-order valence-corrected chi connectivity index (χ3v) is 7.85. The van der Waals surface area contributed by atoms with E-state index >= 15 is 0 Å². The zero-order valence-corrected chi connectivity index (χ0v) is 27.3. The van der Waals surface area contributed by atoms with Crippen LogP contribution >= 0.6 is 12.2 Å². The van der Waals surface area contributed by atoms with E-state index in [0.717, 1.165) is 53.7 Å². The lowest BCUT2D eigenvalue weighted by Gasteiger charge is -2.23. The Bertz CT molecular complexity index is 1780. The fourth-order valence-electron chi connectivity index (χ4n) is 5.36.